The van der Waals surface area contributed by atoms with Crippen LogP contribution in [0.25, 0.3) is 11.1 Å². The van der Waals surface area contributed by atoms with Gasteiger partial charge in [-0.1, -0.05) is 6.07 Å². The minimum absolute atomic E-state index is 0.0839. The van der Waals surface area contributed by atoms with Crippen molar-refractivity contribution >= 4 is 22.8 Å². The molecule has 1 aromatic carbocycles. The van der Waals surface area contributed by atoms with E-state index in [0.29, 0.717) is 12.1 Å². The number of non-ortho nitro benzene ring substituents is 1. The molecule has 3 rings (SSSR count). The van der Waals surface area contributed by atoms with Gasteiger partial charge in [0.25, 0.3) is 11.7 Å². The van der Waals surface area contributed by atoms with Crippen LogP contribution in [0, 0.1) is 17.0 Å². The number of benzene rings is 1. The topological polar surface area (TPSA) is 107 Å². The molecule has 2 heterocycles. The molecule has 0 aliphatic rings. The van der Waals surface area contributed by atoms with Gasteiger partial charge in [0.15, 0.2) is 11.1 Å². The van der Waals surface area contributed by atoms with E-state index in [-0.39, 0.29) is 17.2 Å². The molecule has 0 saturated heterocycles. The predicted octanol–water partition coefficient (Wildman–Crippen LogP) is 2.45. The van der Waals surface area contributed by atoms with Crippen molar-refractivity contribution < 1.29 is 9.34 Å². The number of nitro groups is 1. The minimum Gasteiger partial charge on any atom is -0.423 e. The number of hydrogen-bond donors (Lipinski definition) is 1. The minimum atomic E-state index is -0.486. The fourth-order valence-electron chi connectivity index (χ4n) is 1.83. The van der Waals surface area contributed by atoms with Gasteiger partial charge in [0.1, 0.15) is 0 Å². The van der Waals surface area contributed by atoms with Crippen LogP contribution in [0.15, 0.2) is 35.0 Å². The molecule has 0 fully saturated rings. The Labute approximate surface area is 119 Å². The largest absolute Gasteiger partial charge is 0.423 e. The van der Waals surface area contributed by atoms with Crippen LogP contribution in [-0.4, -0.2) is 19.9 Å². The number of nitrogens with one attached hydrogen (secondary N) is 1. The highest BCUT2D eigenvalue weighted by Gasteiger charge is 2.17. The number of aryl methyl sites for hydroxylation is 1. The quantitative estimate of drug-likeness (QED) is 0.579. The van der Waals surface area contributed by atoms with E-state index in [1.54, 1.807) is 24.5 Å². The van der Waals surface area contributed by atoms with Crippen LogP contribution in [0.5, 0.6) is 0 Å². The number of fused-ring (bicyclic) bond motifs is 1. The second kappa shape index (κ2) is 5.16. The number of hydrogen-bond acceptors (Lipinski definition) is 7. The van der Waals surface area contributed by atoms with Gasteiger partial charge < -0.3 is 9.73 Å². The van der Waals surface area contributed by atoms with Gasteiger partial charge in [-0.15, -0.1) is 0 Å². The summed E-state index contributed by atoms with van der Waals surface area (Å²) in [4.78, 5) is 22.9. The molecule has 0 radical (unpaired) electrons. The van der Waals surface area contributed by atoms with E-state index in [0.717, 1.165) is 11.4 Å². The third kappa shape index (κ3) is 2.64. The lowest BCUT2D eigenvalue weighted by Crippen LogP contribution is -2.02. The van der Waals surface area contributed by atoms with Gasteiger partial charge in [-0.05, 0) is 13.0 Å². The average Bonchev–Trinajstić information content (AvgIpc) is 2.89. The SMILES string of the molecule is Cc1cnc(CNc2nc3c([N+](=O)[O-])cccc3o2)cn1. The van der Waals surface area contributed by atoms with Crippen LogP contribution in [0.2, 0.25) is 0 Å². The zero-order valence-electron chi connectivity index (χ0n) is 11.1. The summed E-state index contributed by atoms with van der Waals surface area (Å²) < 4.78 is 5.43. The van der Waals surface area contributed by atoms with Crippen LogP contribution < -0.4 is 5.32 Å². The monoisotopic (exact) mass is 285 g/mol. The average molecular weight is 285 g/mol. The molecule has 8 heteroatoms. The molecule has 0 bridgehead atoms. The Morgan fingerprint density at radius 1 is 1.33 bits per heavy atom. The summed E-state index contributed by atoms with van der Waals surface area (Å²) in [7, 11) is 0. The first-order valence-electron chi connectivity index (χ1n) is 6.19. The molecule has 0 unspecified atom stereocenters. The standard InChI is InChI=1S/C13H11N5O3/c1-8-5-15-9(6-14-8)7-16-13-17-12-10(18(19)20)3-2-4-11(12)21-13/h2-6H,7H2,1H3,(H,16,17). The number of nitro benzene ring substituents is 1. The van der Waals surface area contributed by atoms with Crippen molar-refractivity contribution in [1.82, 2.24) is 15.0 Å². The van der Waals surface area contributed by atoms with E-state index in [9.17, 15) is 10.1 Å². The van der Waals surface area contributed by atoms with Crippen molar-refractivity contribution in [2.24, 2.45) is 0 Å². The number of aromatic nitrogens is 3. The molecular formula is C13H11N5O3. The third-order valence-electron chi connectivity index (χ3n) is 2.85. The second-order valence-electron chi connectivity index (χ2n) is 4.40. The Balaban J connectivity index is 1.83. The van der Waals surface area contributed by atoms with Gasteiger partial charge in [0.2, 0.25) is 0 Å². The molecule has 0 aliphatic carbocycles. The van der Waals surface area contributed by atoms with Gasteiger partial charge in [0.05, 0.1) is 29.1 Å². The summed E-state index contributed by atoms with van der Waals surface area (Å²) >= 11 is 0. The number of anilines is 1. The van der Waals surface area contributed by atoms with Crippen molar-refractivity contribution in [3.63, 3.8) is 0 Å². The molecule has 0 atom stereocenters. The van der Waals surface area contributed by atoms with Crippen LogP contribution in [0.4, 0.5) is 11.7 Å². The van der Waals surface area contributed by atoms with Crippen molar-refractivity contribution in [2.45, 2.75) is 13.5 Å². The maximum atomic E-state index is 10.9. The van der Waals surface area contributed by atoms with E-state index in [4.69, 9.17) is 4.42 Å². The molecule has 1 N–H and O–H groups in total. The molecule has 8 nitrogen and oxygen atoms in total. The van der Waals surface area contributed by atoms with Crippen molar-refractivity contribution in [2.75, 3.05) is 5.32 Å². The fraction of sp³-hybridized carbons (Fsp3) is 0.154. The van der Waals surface area contributed by atoms with E-state index < -0.39 is 4.92 Å². The number of oxazole rings is 1. The molecular weight excluding hydrogens is 274 g/mol. The highest BCUT2D eigenvalue weighted by atomic mass is 16.6. The summed E-state index contributed by atoms with van der Waals surface area (Å²) in [6, 6.07) is 4.79. The first-order valence-corrected chi connectivity index (χ1v) is 6.19. The normalized spacial score (nSPS) is 10.7. The molecule has 2 aromatic heterocycles. The molecule has 0 saturated carbocycles. The van der Waals surface area contributed by atoms with E-state index in [2.05, 4.69) is 20.3 Å². The van der Waals surface area contributed by atoms with Gasteiger partial charge in [-0.25, -0.2) is 0 Å². The highest BCUT2D eigenvalue weighted by Crippen LogP contribution is 2.27. The van der Waals surface area contributed by atoms with E-state index in [1.807, 2.05) is 6.92 Å². The lowest BCUT2D eigenvalue weighted by atomic mass is 10.3. The summed E-state index contributed by atoms with van der Waals surface area (Å²) in [6.45, 7) is 2.22. The Morgan fingerprint density at radius 2 is 2.19 bits per heavy atom. The second-order valence-corrected chi connectivity index (χ2v) is 4.40. The maximum Gasteiger partial charge on any atom is 0.298 e. The maximum absolute atomic E-state index is 10.9. The van der Waals surface area contributed by atoms with Gasteiger partial charge in [-0.3, -0.25) is 20.1 Å². The first-order chi connectivity index (χ1) is 10.1. The van der Waals surface area contributed by atoms with E-state index in [1.165, 1.54) is 6.07 Å². The number of nitrogens with zero attached hydrogens (tertiary/aromatic N) is 4. The summed E-state index contributed by atoms with van der Waals surface area (Å²) in [5.41, 5.74) is 2.05. The molecule has 0 aliphatic heterocycles. The van der Waals surface area contributed by atoms with Gasteiger partial charge >= 0.3 is 0 Å². The van der Waals surface area contributed by atoms with E-state index >= 15 is 0 Å². The van der Waals surface area contributed by atoms with Crippen molar-refractivity contribution in [3.05, 3.63) is 52.1 Å². The van der Waals surface area contributed by atoms with Crippen LogP contribution in [-0.2, 0) is 6.54 Å². The molecule has 3 aromatic rings. The number of rotatable bonds is 4. The predicted molar refractivity (Wildman–Crippen MR) is 74.8 cm³/mol. The van der Waals surface area contributed by atoms with Crippen LogP contribution in [0.1, 0.15) is 11.4 Å². The number of para-hydroxylation sites is 1. The summed E-state index contributed by atoms with van der Waals surface area (Å²) in [6.07, 6.45) is 3.31. The summed E-state index contributed by atoms with van der Waals surface area (Å²) in [5, 5.41) is 13.9. The van der Waals surface area contributed by atoms with Gasteiger partial charge in [0, 0.05) is 12.3 Å². The fourth-order valence-corrected chi connectivity index (χ4v) is 1.83. The summed E-state index contributed by atoms with van der Waals surface area (Å²) in [5.74, 6) is 0. The first kappa shape index (κ1) is 13.0. The van der Waals surface area contributed by atoms with Crippen LogP contribution in [0.3, 0.4) is 0 Å². The van der Waals surface area contributed by atoms with Crippen molar-refractivity contribution in [1.29, 1.82) is 0 Å². The Bertz CT molecular complexity index is 797. The molecule has 0 amide bonds. The van der Waals surface area contributed by atoms with Crippen LogP contribution >= 0.6 is 0 Å². The Hall–Kier alpha value is -3.03. The molecule has 21 heavy (non-hydrogen) atoms. The zero-order valence-corrected chi connectivity index (χ0v) is 11.1. The van der Waals surface area contributed by atoms with Gasteiger partial charge in [-0.2, -0.15) is 4.98 Å². The lowest BCUT2D eigenvalue weighted by molar-refractivity contribution is -0.383. The Morgan fingerprint density at radius 3 is 2.90 bits per heavy atom. The zero-order chi connectivity index (χ0) is 14.8. The smallest absolute Gasteiger partial charge is 0.298 e. The Kier molecular flexibility index (Phi) is 3.19. The molecule has 106 valence electrons. The highest BCUT2D eigenvalue weighted by molar-refractivity contribution is 5.83. The molecule has 0 spiro atoms. The lowest BCUT2D eigenvalue weighted by Gasteiger charge is -2.00. The third-order valence-corrected chi connectivity index (χ3v) is 2.85. The van der Waals surface area contributed by atoms with Crippen molar-refractivity contribution in [3.8, 4) is 0 Å².